The molecular weight excluding hydrogens is 188 g/mol. The number of hydrogen-bond donors (Lipinski definition) is 1. The van der Waals surface area contributed by atoms with Gasteiger partial charge in [0.25, 0.3) is 0 Å². The highest BCUT2D eigenvalue weighted by Gasteiger charge is 2.52. The molecule has 0 bridgehead atoms. The van der Waals surface area contributed by atoms with Crippen molar-refractivity contribution in [2.24, 2.45) is 5.92 Å². The first-order valence-corrected chi connectivity index (χ1v) is 6.19. The first-order valence-electron chi connectivity index (χ1n) is 4.54. The van der Waals surface area contributed by atoms with E-state index in [-0.39, 0.29) is 11.7 Å². The van der Waals surface area contributed by atoms with E-state index in [1.807, 2.05) is 0 Å². The summed E-state index contributed by atoms with van der Waals surface area (Å²) < 4.78 is 22.5. The van der Waals surface area contributed by atoms with Crippen molar-refractivity contribution in [3.8, 4) is 0 Å². The molecule has 0 radical (unpaired) electrons. The second kappa shape index (κ2) is 2.70. The average Bonchev–Trinajstić information content (AvgIpc) is 2.00. The highest BCUT2D eigenvalue weighted by molar-refractivity contribution is 7.93. The van der Waals surface area contributed by atoms with E-state index in [1.165, 1.54) is 0 Å². The van der Waals surface area contributed by atoms with Gasteiger partial charge >= 0.3 is 0 Å². The monoisotopic (exact) mass is 206 g/mol. The third-order valence-electron chi connectivity index (χ3n) is 3.17. The summed E-state index contributed by atoms with van der Waals surface area (Å²) in [6.07, 6.45) is 0.568. The lowest BCUT2D eigenvalue weighted by atomic mass is 9.80. The first kappa shape index (κ1) is 11.0. The van der Waals surface area contributed by atoms with Gasteiger partial charge in [-0.1, -0.05) is 0 Å². The Kier molecular flexibility index (Phi) is 2.28. The fourth-order valence-corrected chi connectivity index (χ4v) is 4.22. The zero-order valence-corrected chi connectivity index (χ0v) is 9.48. The SMILES string of the molecule is CC(C)(O)C1CCS(=O)(=O)C1(C)C. The molecule has 3 nitrogen and oxygen atoms in total. The molecule has 1 unspecified atom stereocenters. The van der Waals surface area contributed by atoms with Gasteiger partial charge in [-0.15, -0.1) is 0 Å². The molecule has 1 fully saturated rings. The van der Waals surface area contributed by atoms with Crippen LogP contribution in [0.2, 0.25) is 0 Å². The molecule has 4 heteroatoms. The molecule has 0 amide bonds. The molecule has 1 rings (SSSR count). The van der Waals surface area contributed by atoms with Crippen LogP contribution in [0, 0.1) is 5.92 Å². The van der Waals surface area contributed by atoms with Crippen molar-refractivity contribution >= 4 is 9.84 Å². The van der Waals surface area contributed by atoms with E-state index in [2.05, 4.69) is 0 Å². The van der Waals surface area contributed by atoms with Crippen molar-refractivity contribution in [1.29, 1.82) is 0 Å². The summed E-state index contributed by atoms with van der Waals surface area (Å²) in [5.74, 6) is 0.0410. The van der Waals surface area contributed by atoms with Crippen LogP contribution in [0.1, 0.15) is 34.1 Å². The molecule has 1 aliphatic rings. The Morgan fingerprint density at radius 3 is 2.00 bits per heavy atom. The van der Waals surface area contributed by atoms with Gasteiger partial charge in [-0.05, 0) is 34.1 Å². The van der Waals surface area contributed by atoms with Crippen LogP contribution in [0.3, 0.4) is 0 Å². The third-order valence-corrected chi connectivity index (χ3v) is 5.83. The van der Waals surface area contributed by atoms with Crippen LogP contribution in [0.4, 0.5) is 0 Å². The molecule has 1 saturated heterocycles. The van der Waals surface area contributed by atoms with E-state index >= 15 is 0 Å². The minimum Gasteiger partial charge on any atom is -0.390 e. The summed E-state index contributed by atoms with van der Waals surface area (Å²) in [7, 11) is -3.02. The summed E-state index contributed by atoms with van der Waals surface area (Å²) in [6.45, 7) is 6.77. The molecule has 0 aromatic heterocycles. The molecule has 13 heavy (non-hydrogen) atoms. The second-order valence-corrected chi connectivity index (χ2v) is 7.61. The highest BCUT2D eigenvalue weighted by Crippen LogP contribution is 2.42. The van der Waals surface area contributed by atoms with Crippen LogP contribution in [-0.2, 0) is 9.84 Å². The smallest absolute Gasteiger partial charge is 0.155 e. The van der Waals surface area contributed by atoms with Crippen molar-refractivity contribution in [2.75, 3.05) is 5.75 Å². The fourth-order valence-electron chi connectivity index (χ4n) is 2.30. The molecular formula is C9H18O3S. The van der Waals surface area contributed by atoms with Gasteiger partial charge in [0, 0.05) is 5.92 Å². The number of hydrogen-bond acceptors (Lipinski definition) is 3. The summed E-state index contributed by atoms with van der Waals surface area (Å²) >= 11 is 0. The molecule has 1 heterocycles. The lowest BCUT2D eigenvalue weighted by Crippen LogP contribution is -2.44. The molecule has 1 atom stereocenters. The Morgan fingerprint density at radius 1 is 1.38 bits per heavy atom. The minimum atomic E-state index is -3.02. The molecule has 0 aromatic rings. The van der Waals surface area contributed by atoms with Gasteiger partial charge in [0.15, 0.2) is 9.84 Å². The lowest BCUT2D eigenvalue weighted by Gasteiger charge is -2.34. The molecule has 0 aromatic carbocycles. The van der Waals surface area contributed by atoms with Crippen molar-refractivity contribution in [1.82, 2.24) is 0 Å². The first-order chi connectivity index (χ1) is 5.59. The van der Waals surface area contributed by atoms with Gasteiger partial charge in [-0.25, -0.2) is 8.42 Å². The zero-order chi connectivity index (χ0) is 10.5. The van der Waals surface area contributed by atoms with Crippen LogP contribution < -0.4 is 0 Å². The van der Waals surface area contributed by atoms with Crippen molar-refractivity contribution in [3.05, 3.63) is 0 Å². The van der Waals surface area contributed by atoms with E-state index in [1.54, 1.807) is 27.7 Å². The van der Waals surface area contributed by atoms with Gasteiger partial charge < -0.3 is 5.11 Å². The van der Waals surface area contributed by atoms with Crippen LogP contribution in [0.5, 0.6) is 0 Å². The van der Waals surface area contributed by atoms with Gasteiger partial charge in [-0.3, -0.25) is 0 Å². The highest BCUT2D eigenvalue weighted by atomic mass is 32.2. The maximum absolute atomic E-state index is 11.6. The van der Waals surface area contributed by atoms with Crippen LogP contribution in [0.15, 0.2) is 0 Å². The van der Waals surface area contributed by atoms with E-state index in [0.29, 0.717) is 6.42 Å². The summed E-state index contributed by atoms with van der Waals surface area (Å²) in [6, 6.07) is 0. The standard InChI is InChI=1S/C9H18O3S/c1-8(2,10)7-5-6-13(11,12)9(7,3)4/h7,10H,5-6H2,1-4H3. The Labute approximate surface area is 80.1 Å². The van der Waals surface area contributed by atoms with Crippen LogP contribution >= 0.6 is 0 Å². The zero-order valence-electron chi connectivity index (χ0n) is 8.66. The quantitative estimate of drug-likeness (QED) is 0.695. The molecule has 1 aliphatic heterocycles. The van der Waals surface area contributed by atoms with Crippen molar-refractivity contribution in [3.63, 3.8) is 0 Å². The van der Waals surface area contributed by atoms with E-state index in [4.69, 9.17) is 0 Å². The average molecular weight is 206 g/mol. The number of aliphatic hydroxyl groups is 1. The lowest BCUT2D eigenvalue weighted by molar-refractivity contribution is 0.00584. The Bertz CT molecular complexity index is 295. The fraction of sp³-hybridized carbons (Fsp3) is 1.00. The maximum Gasteiger partial charge on any atom is 0.155 e. The molecule has 0 saturated carbocycles. The Morgan fingerprint density at radius 2 is 1.85 bits per heavy atom. The topological polar surface area (TPSA) is 54.4 Å². The summed E-state index contributed by atoms with van der Waals surface area (Å²) in [5.41, 5.74) is -0.910. The van der Waals surface area contributed by atoms with Crippen molar-refractivity contribution < 1.29 is 13.5 Å². The number of rotatable bonds is 1. The minimum absolute atomic E-state index is 0.162. The molecule has 0 aliphatic carbocycles. The van der Waals surface area contributed by atoms with Crippen LogP contribution in [0.25, 0.3) is 0 Å². The Hall–Kier alpha value is -0.0900. The summed E-state index contributed by atoms with van der Waals surface area (Å²) in [5, 5.41) is 9.82. The second-order valence-electron chi connectivity index (χ2n) is 4.92. The molecule has 0 spiro atoms. The van der Waals surface area contributed by atoms with Gasteiger partial charge in [-0.2, -0.15) is 0 Å². The van der Waals surface area contributed by atoms with E-state index in [9.17, 15) is 13.5 Å². The maximum atomic E-state index is 11.6. The normalized spacial score (nSPS) is 31.9. The largest absolute Gasteiger partial charge is 0.390 e. The number of sulfone groups is 1. The van der Waals surface area contributed by atoms with E-state index in [0.717, 1.165) is 0 Å². The third kappa shape index (κ3) is 1.62. The van der Waals surface area contributed by atoms with Crippen molar-refractivity contribution in [2.45, 2.75) is 44.5 Å². The Balaban J connectivity index is 3.10. The van der Waals surface area contributed by atoms with E-state index < -0.39 is 20.2 Å². The molecule has 1 N–H and O–H groups in total. The molecule has 78 valence electrons. The predicted molar refractivity (Wildman–Crippen MR) is 52.3 cm³/mol. The predicted octanol–water partition coefficient (Wildman–Crippen LogP) is 0.971. The van der Waals surface area contributed by atoms with Gasteiger partial charge in [0.2, 0.25) is 0 Å². The van der Waals surface area contributed by atoms with Gasteiger partial charge in [0.05, 0.1) is 16.1 Å². The van der Waals surface area contributed by atoms with Gasteiger partial charge in [0.1, 0.15) is 0 Å². The van der Waals surface area contributed by atoms with Crippen LogP contribution in [-0.4, -0.2) is 29.6 Å². The summed E-state index contributed by atoms with van der Waals surface area (Å²) in [4.78, 5) is 0.